The van der Waals surface area contributed by atoms with Crippen molar-refractivity contribution in [2.45, 2.75) is 18.8 Å². The average molecular weight is 359 g/mol. The van der Waals surface area contributed by atoms with Crippen LogP contribution in [0.5, 0.6) is 0 Å². The molecule has 1 aromatic rings. The maximum Gasteiger partial charge on any atom is 0.324 e. The lowest BCUT2D eigenvalue weighted by molar-refractivity contribution is -0.384. The maximum atomic E-state index is 12.7. The van der Waals surface area contributed by atoms with E-state index in [2.05, 4.69) is 0 Å². The van der Waals surface area contributed by atoms with Crippen molar-refractivity contribution in [3.8, 4) is 0 Å². The van der Waals surface area contributed by atoms with E-state index in [0.29, 0.717) is 11.1 Å². The summed E-state index contributed by atoms with van der Waals surface area (Å²) in [7, 11) is 2.38. The van der Waals surface area contributed by atoms with Gasteiger partial charge in [0.15, 0.2) is 11.2 Å². The van der Waals surface area contributed by atoms with Crippen LogP contribution < -0.4 is 0 Å². The largest absolute Gasteiger partial charge is 0.468 e. The number of ether oxygens (including phenoxy) is 2. The molecule has 8 heteroatoms. The number of esters is 2. The molecule has 0 radical (unpaired) electrons. The summed E-state index contributed by atoms with van der Waals surface area (Å²) in [5, 5.41) is 10.9. The van der Waals surface area contributed by atoms with Gasteiger partial charge in [-0.25, -0.2) is 0 Å². The highest BCUT2D eigenvalue weighted by Gasteiger charge is 2.64. The van der Waals surface area contributed by atoms with Gasteiger partial charge in [0.25, 0.3) is 5.69 Å². The van der Waals surface area contributed by atoms with Gasteiger partial charge >= 0.3 is 11.9 Å². The number of hydrogen-bond donors (Lipinski definition) is 0. The van der Waals surface area contributed by atoms with Crippen molar-refractivity contribution in [2.75, 3.05) is 14.2 Å². The van der Waals surface area contributed by atoms with Crippen molar-refractivity contribution in [3.05, 3.63) is 51.6 Å². The van der Waals surface area contributed by atoms with Crippen LogP contribution in [0.2, 0.25) is 0 Å². The fourth-order valence-corrected chi connectivity index (χ4v) is 4.18. The molecule has 0 unspecified atom stereocenters. The zero-order valence-electron chi connectivity index (χ0n) is 14.3. The minimum atomic E-state index is -1.61. The molecule has 1 saturated carbocycles. The van der Waals surface area contributed by atoms with Crippen LogP contribution in [0, 0.1) is 21.4 Å². The number of methoxy groups -OCH3 is 2. The molecule has 3 rings (SSSR count). The van der Waals surface area contributed by atoms with E-state index in [4.69, 9.17) is 9.47 Å². The molecule has 0 N–H and O–H groups in total. The van der Waals surface area contributed by atoms with E-state index < -0.39 is 28.2 Å². The molecule has 26 heavy (non-hydrogen) atoms. The van der Waals surface area contributed by atoms with E-state index in [1.165, 1.54) is 44.6 Å². The summed E-state index contributed by atoms with van der Waals surface area (Å²) in [5.74, 6) is -2.59. The number of carbonyl (C=O) groups excluding carboxylic acids is 3. The van der Waals surface area contributed by atoms with Crippen molar-refractivity contribution < 1.29 is 28.8 Å². The van der Waals surface area contributed by atoms with Crippen LogP contribution in [0.1, 0.15) is 24.3 Å². The van der Waals surface area contributed by atoms with E-state index in [1.807, 2.05) is 0 Å². The Morgan fingerprint density at radius 1 is 1.15 bits per heavy atom. The van der Waals surface area contributed by atoms with Crippen LogP contribution in [-0.2, 0) is 23.9 Å². The quantitative estimate of drug-likeness (QED) is 0.349. The molecule has 1 fully saturated rings. The molecule has 0 heterocycles. The van der Waals surface area contributed by atoms with Crippen molar-refractivity contribution in [2.24, 2.45) is 11.3 Å². The Morgan fingerprint density at radius 2 is 1.73 bits per heavy atom. The number of nitrogens with zero attached hydrogens (tertiary/aromatic N) is 1. The van der Waals surface area contributed by atoms with Gasteiger partial charge in [0.2, 0.25) is 0 Å². The zero-order chi connectivity index (χ0) is 19.1. The first-order valence-corrected chi connectivity index (χ1v) is 7.99. The van der Waals surface area contributed by atoms with Crippen LogP contribution in [-0.4, -0.2) is 36.9 Å². The standard InChI is InChI=1S/C18H17NO7/c1-25-16(21)18(17(22)26-2)9-11-7-13(20)8-14(11)15(18)10-3-5-12(6-4-10)19(23)24/h3-7,14-15H,8-9H2,1-2H3/t14-,15-/m1/s1. The highest BCUT2D eigenvalue weighted by atomic mass is 16.6. The van der Waals surface area contributed by atoms with Gasteiger partial charge in [0.05, 0.1) is 19.1 Å². The first-order chi connectivity index (χ1) is 12.3. The van der Waals surface area contributed by atoms with E-state index in [0.717, 1.165) is 0 Å². The Labute approximate surface area is 148 Å². The lowest BCUT2D eigenvalue weighted by Gasteiger charge is -2.32. The van der Waals surface area contributed by atoms with Crippen molar-refractivity contribution in [3.63, 3.8) is 0 Å². The van der Waals surface area contributed by atoms with Gasteiger partial charge in [0.1, 0.15) is 0 Å². The lowest BCUT2D eigenvalue weighted by Crippen LogP contribution is -2.44. The molecule has 8 nitrogen and oxygen atoms in total. The van der Waals surface area contributed by atoms with E-state index in [-0.39, 0.29) is 30.2 Å². The summed E-state index contributed by atoms with van der Waals surface area (Å²) in [5.41, 5.74) is -0.466. The van der Waals surface area contributed by atoms with Crippen LogP contribution in [0.25, 0.3) is 0 Å². The Kier molecular flexibility index (Phi) is 4.35. The third kappa shape index (κ3) is 2.49. The third-order valence-electron chi connectivity index (χ3n) is 5.22. The lowest BCUT2D eigenvalue weighted by atomic mass is 9.70. The molecule has 0 aromatic heterocycles. The van der Waals surface area contributed by atoms with E-state index in [9.17, 15) is 24.5 Å². The topological polar surface area (TPSA) is 113 Å². The molecule has 2 atom stereocenters. The first kappa shape index (κ1) is 17.8. The number of fused-ring (bicyclic) bond motifs is 1. The summed E-state index contributed by atoms with van der Waals surface area (Å²) in [6.45, 7) is 0. The number of nitro benzene ring substituents is 1. The second kappa shape index (κ2) is 6.36. The fourth-order valence-electron chi connectivity index (χ4n) is 4.18. The average Bonchev–Trinajstić information content (AvgIpc) is 3.13. The van der Waals surface area contributed by atoms with Gasteiger partial charge < -0.3 is 9.47 Å². The number of carbonyl (C=O) groups is 3. The molecule has 0 bridgehead atoms. The Bertz CT molecular complexity index is 808. The molecule has 0 spiro atoms. The Morgan fingerprint density at radius 3 is 2.23 bits per heavy atom. The SMILES string of the molecule is COC(=O)C1(C(=O)OC)CC2=CC(=O)C[C@H]2[C@H]1c1ccc([N+](=O)[O-])cc1. The highest BCUT2D eigenvalue weighted by molar-refractivity contribution is 6.04. The van der Waals surface area contributed by atoms with Crippen molar-refractivity contribution in [1.82, 2.24) is 0 Å². The number of benzene rings is 1. The Hall–Kier alpha value is -3.03. The van der Waals surface area contributed by atoms with Gasteiger partial charge in [-0.3, -0.25) is 24.5 Å². The monoisotopic (exact) mass is 359 g/mol. The number of hydrogen-bond acceptors (Lipinski definition) is 7. The number of non-ortho nitro benzene ring substituents is 1. The summed E-state index contributed by atoms with van der Waals surface area (Å²) in [4.78, 5) is 47.6. The predicted octanol–water partition coefficient (Wildman–Crippen LogP) is 1.93. The maximum absolute atomic E-state index is 12.7. The van der Waals surface area contributed by atoms with Crippen LogP contribution in [0.3, 0.4) is 0 Å². The fraction of sp³-hybridized carbons (Fsp3) is 0.389. The van der Waals surface area contributed by atoms with Crippen LogP contribution >= 0.6 is 0 Å². The van der Waals surface area contributed by atoms with E-state index >= 15 is 0 Å². The second-order valence-corrected chi connectivity index (χ2v) is 6.45. The number of rotatable bonds is 4. The van der Waals surface area contributed by atoms with Gasteiger partial charge in [0, 0.05) is 24.5 Å². The summed E-state index contributed by atoms with van der Waals surface area (Å²) < 4.78 is 9.81. The van der Waals surface area contributed by atoms with Crippen molar-refractivity contribution in [1.29, 1.82) is 0 Å². The molecule has 0 amide bonds. The second-order valence-electron chi connectivity index (χ2n) is 6.45. The minimum absolute atomic E-state index is 0.0322. The number of nitro groups is 1. The number of allylic oxidation sites excluding steroid dienone is 2. The number of ketones is 1. The third-order valence-corrected chi connectivity index (χ3v) is 5.22. The van der Waals surface area contributed by atoms with Gasteiger partial charge in [-0.1, -0.05) is 17.7 Å². The summed E-state index contributed by atoms with van der Waals surface area (Å²) in [6.07, 6.45) is 1.67. The van der Waals surface area contributed by atoms with Gasteiger partial charge in [-0.2, -0.15) is 0 Å². The smallest absolute Gasteiger partial charge is 0.324 e. The molecule has 0 saturated heterocycles. The normalized spacial score (nSPS) is 23.2. The molecular formula is C18H17NO7. The van der Waals surface area contributed by atoms with Gasteiger partial charge in [-0.05, 0) is 24.0 Å². The molecule has 1 aromatic carbocycles. The molecule has 2 aliphatic carbocycles. The molecule has 136 valence electrons. The predicted molar refractivity (Wildman–Crippen MR) is 88.1 cm³/mol. The first-order valence-electron chi connectivity index (χ1n) is 7.99. The summed E-state index contributed by atoms with van der Waals surface area (Å²) in [6, 6.07) is 5.64. The molecule has 2 aliphatic rings. The van der Waals surface area contributed by atoms with Crippen LogP contribution in [0.15, 0.2) is 35.9 Å². The van der Waals surface area contributed by atoms with Gasteiger partial charge in [-0.15, -0.1) is 0 Å². The zero-order valence-corrected chi connectivity index (χ0v) is 14.3. The summed E-state index contributed by atoms with van der Waals surface area (Å²) >= 11 is 0. The molecular weight excluding hydrogens is 342 g/mol. The van der Waals surface area contributed by atoms with Crippen molar-refractivity contribution >= 4 is 23.4 Å². The Balaban J connectivity index is 2.17. The minimum Gasteiger partial charge on any atom is -0.468 e. The van der Waals surface area contributed by atoms with E-state index in [1.54, 1.807) is 0 Å². The van der Waals surface area contributed by atoms with Crippen LogP contribution in [0.4, 0.5) is 5.69 Å². The molecule has 0 aliphatic heterocycles. The highest BCUT2D eigenvalue weighted by Crippen LogP contribution is 2.59.